The fourth-order valence-electron chi connectivity index (χ4n) is 5.42. The van der Waals surface area contributed by atoms with Crippen LogP contribution >= 0.6 is 7.14 Å². The Hall–Kier alpha value is -3.67. The van der Waals surface area contributed by atoms with Crippen molar-refractivity contribution < 1.29 is 4.57 Å². The number of rotatable bonds is 4. The van der Waals surface area contributed by atoms with Crippen molar-refractivity contribution in [3.8, 4) is 22.3 Å². The zero-order valence-corrected chi connectivity index (χ0v) is 21.6. The van der Waals surface area contributed by atoms with Gasteiger partial charge in [0.2, 0.25) is 0 Å². The van der Waals surface area contributed by atoms with E-state index >= 15 is 0 Å². The molecule has 5 aromatic carbocycles. The van der Waals surface area contributed by atoms with Gasteiger partial charge in [0, 0.05) is 5.30 Å². The van der Waals surface area contributed by atoms with Crippen molar-refractivity contribution in [2.45, 2.75) is 12.8 Å². The van der Waals surface area contributed by atoms with Gasteiger partial charge < -0.3 is 4.57 Å². The number of hydrogen-bond acceptors (Lipinski definition) is 1. The molecule has 0 aromatic heterocycles. The number of hydrogen-bond donors (Lipinski definition) is 0. The predicted octanol–water partition coefficient (Wildman–Crippen LogP) is 9.31. The fourth-order valence-corrected chi connectivity index (χ4v) is 6.32. The Kier molecular flexibility index (Phi) is 5.75. The largest absolute Gasteiger partial charge is 0.319 e. The van der Waals surface area contributed by atoms with Gasteiger partial charge >= 0.3 is 0 Å². The molecule has 0 radical (unpaired) electrons. The summed E-state index contributed by atoms with van der Waals surface area (Å²) in [7, 11) is -2.33. The van der Waals surface area contributed by atoms with E-state index < -0.39 is 7.14 Å². The van der Waals surface area contributed by atoms with E-state index in [1.54, 1.807) is 0 Å². The van der Waals surface area contributed by atoms with E-state index in [1.165, 1.54) is 43.8 Å². The van der Waals surface area contributed by atoms with E-state index in [1.807, 2.05) is 25.5 Å². The molecule has 0 bridgehead atoms. The lowest BCUT2D eigenvalue weighted by Gasteiger charge is -2.19. The van der Waals surface area contributed by atoms with Crippen LogP contribution < -0.4 is 5.30 Å². The lowest BCUT2D eigenvalue weighted by Crippen LogP contribution is -2.02. The fraction of sp³-hybridized carbons (Fsp3) is 0.118. The monoisotopic (exact) mass is 484 g/mol. The first-order valence-corrected chi connectivity index (χ1v) is 15.2. The molecule has 176 valence electrons. The van der Waals surface area contributed by atoms with Crippen LogP contribution in [-0.4, -0.2) is 13.3 Å². The Balaban J connectivity index is 1.62. The molecule has 0 aliphatic heterocycles. The maximum atomic E-state index is 12.7. The van der Waals surface area contributed by atoms with Crippen molar-refractivity contribution in [3.05, 3.63) is 121 Å². The SMILES string of the molecule is CP(C)(=O)c1cccc(-c2cccc(-c3c4ccccc4c(C4=CCCC=C4)c4ccccc34)c2)c1. The molecular weight excluding hydrogens is 455 g/mol. The van der Waals surface area contributed by atoms with Gasteiger partial charge in [0.15, 0.2) is 0 Å². The van der Waals surface area contributed by atoms with E-state index in [-0.39, 0.29) is 0 Å². The second-order valence-electron chi connectivity index (χ2n) is 9.96. The summed E-state index contributed by atoms with van der Waals surface area (Å²) in [5, 5.41) is 6.02. The smallest absolute Gasteiger partial charge is 0.109 e. The molecule has 1 aliphatic rings. The van der Waals surface area contributed by atoms with Crippen LogP contribution in [0.25, 0.3) is 49.4 Å². The Morgan fingerprint density at radius 1 is 0.583 bits per heavy atom. The third-order valence-corrected chi connectivity index (χ3v) is 8.69. The van der Waals surface area contributed by atoms with Crippen LogP contribution in [0.4, 0.5) is 0 Å². The molecule has 6 rings (SSSR count). The minimum atomic E-state index is -2.33. The zero-order valence-electron chi connectivity index (χ0n) is 20.7. The topological polar surface area (TPSA) is 17.1 Å². The summed E-state index contributed by atoms with van der Waals surface area (Å²) < 4.78 is 12.7. The van der Waals surface area contributed by atoms with Gasteiger partial charge in [-0.05, 0) is 93.2 Å². The molecule has 0 saturated carbocycles. The van der Waals surface area contributed by atoms with Gasteiger partial charge in [0.25, 0.3) is 0 Å². The van der Waals surface area contributed by atoms with Gasteiger partial charge in [0.1, 0.15) is 7.14 Å². The van der Waals surface area contributed by atoms with Gasteiger partial charge in [-0.1, -0.05) is 103 Å². The summed E-state index contributed by atoms with van der Waals surface area (Å²) in [4.78, 5) is 0. The van der Waals surface area contributed by atoms with E-state index in [2.05, 4.69) is 103 Å². The molecule has 0 fully saturated rings. The molecule has 2 heteroatoms. The normalized spacial score (nSPS) is 13.8. The number of fused-ring (bicyclic) bond motifs is 2. The zero-order chi connectivity index (χ0) is 24.7. The molecule has 0 spiro atoms. The van der Waals surface area contributed by atoms with Crippen molar-refractivity contribution in [1.29, 1.82) is 0 Å². The average Bonchev–Trinajstić information content (AvgIpc) is 2.92. The molecule has 5 aromatic rings. The molecule has 1 aliphatic carbocycles. The minimum absolute atomic E-state index is 0.916. The van der Waals surface area contributed by atoms with Crippen LogP contribution in [0.15, 0.2) is 115 Å². The van der Waals surface area contributed by atoms with Crippen molar-refractivity contribution >= 4 is 39.6 Å². The molecule has 36 heavy (non-hydrogen) atoms. The standard InChI is InChI=1S/C34H29OP/c1-36(2,35)28-17-11-15-26(23-28)25-14-10-16-27(22-25)34-31-20-8-6-18-29(31)33(24-12-4-3-5-13-24)30-19-7-9-21-32(30)34/h4,6-23H,3,5H2,1-2H3. The van der Waals surface area contributed by atoms with Gasteiger partial charge in [-0.3, -0.25) is 0 Å². The molecule has 0 N–H and O–H groups in total. The van der Waals surface area contributed by atoms with Crippen LogP contribution in [0.2, 0.25) is 0 Å². The highest BCUT2D eigenvalue weighted by molar-refractivity contribution is 7.70. The molecule has 0 saturated heterocycles. The van der Waals surface area contributed by atoms with E-state index in [4.69, 9.17) is 0 Å². The Morgan fingerprint density at radius 2 is 1.14 bits per heavy atom. The van der Waals surface area contributed by atoms with E-state index in [9.17, 15) is 4.57 Å². The van der Waals surface area contributed by atoms with Crippen LogP contribution in [-0.2, 0) is 4.57 Å². The molecule has 0 atom stereocenters. The van der Waals surface area contributed by atoms with Gasteiger partial charge in [-0.2, -0.15) is 0 Å². The molecule has 1 nitrogen and oxygen atoms in total. The first kappa shape index (κ1) is 22.8. The summed E-state index contributed by atoms with van der Waals surface area (Å²) >= 11 is 0. The number of benzene rings is 5. The lowest BCUT2D eigenvalue weighted by molar-refractivity contribution is 0.588. The average molecular weight is 485 g/mol. The predicted molar refractivity (Wildman–Crippen MR) is 158 cm³/mol. The minimum Gasteiger partial charge on any atom is -0.319 e. The summed E-state index contributed by atoms with van der Waals surface area (Å²) in [6.07, 6.45) is 9.14. The second-order valence-corrected chi connectivity index (χ2v) is 13.2. The Labute approximate surface area is 213 Å². The summed E-state index contributed by atoms with van der Waals surface area (Å²) in [6, 6.07) is 34.6. The Morgan fingerprint density at radius 3 is 1.72 bits per heavy atom. The van der Waals surface area contributed by atoms with Crippen LogP contribution in [0.5, 0.6) is 0 Å². The summed E-state index contributed by atoms with van der Waals surface area (Å²) in [5.41, 5.74) is 7.33. The highest BCUT2D eigenvalue weighted by Crippen LogP contribution is 2.43. The van der Waals surface area contributed by atoms with Crippen molar-refractivity contribution in [2.75, 3.05) is 13.3 Å². The lowest BCUT2D eigenvalue weighted by atomic mass is 9.84. The van der Waals surface area contributed by atoms with Gasteiger partial charge in [0.05, 0.1) is 0 Å². The Bertz CT molecular complexity index is 1670. The molecule has 0 heterocycles. The molecule has 0 amide bonds. The highest BCUT2D eigenvalue weighted by Gasteiger charge is 2.18. The molecule has 0 unspecified atom stereocenters. The first-order chi connectivity index (χ1) is 17.5. The maximum Gasteiger partial charge on any atom is 0.109 e. The van der Waals surface area contributed by atoms with Crippen LogP contribution in [0.1, 0.15) is 18.4 Å². The molecular formula is C34H29OP. The van der Waals surface area contributed by atoms with Crippen molar-refractivity contribution in [1.82, 2.24) is 0 Å². The first-order valence-electron chi connectivity index (χ1n) is 12.6. The van der Waals surface area contributed by atoms with E-state index in [0.29, 0.717) is 0 Å². The van der Waals surface area contributed by atoms with Crippen molar-refractivity contribution in [3.63, 3.8) is 0 Å². The maximum absolute atomic E-state index is 12.7. The summed E-state index contributed by atoms with van der Waals surface area (Å²) in [5.74, 6) is 0. The van der Waals surface area contributed by atoms with Gasteiger partial charge in [-0.15, -0.1) is 0 Å². The third-order valence-electron chi connectivity index (χ3n) is 7.17. The van der Waals surface area contributed by atoms with E-state index in [0.717, 1.165) is 29.3 Å². The number of allylic oxidation sites excluding steroid dienone is 4. The van der Waals surface area contributed by atoms with Crippen LogP contribution in [0, 0.1) is 0 Å². The van der Waals surface area contributed by atoms with Gasteiger partial charge in [-0.25, -0.2) is 0 Å². The van der Waals surface area contributed by atoms with Crippen molar-refractivity contribution in [2.24, 2.45) is 0 Å². The highest BCUT2D eigenvalue weighted by atomic mass is 31.2. The quantitative estimate of drug-likeness (QED) is 0.183. The summed E-state index contributed by atoms with van der Waals surface area (Å²) in [6.45, 7) is 3.67. The van der Waals surface area contributed by atoms with Crippen LogP contribution in [0.3, 0.4) is 0 Å². The third kappa shape index (κ3) is 4.04. The second kappa shape index (κ2) is 9.08.